The number of fused-ring (bicyclic) bond motifs is 2. The van der Waals surface area contributed by atoms with Gasteiger partial charge >= 0.3 is 11.9 Å². The predicted octanol–water partition coefficient (Wildman–Crippen LogP) is 15.7. The maximum Gasteiger partial charge on any atom is 0.374 e. The van der Waals surface area contributed by atoms with Gasteiger partial charge in [-0.25, -0.2) is 34.5 Å². The number of aldehydes is 2. The number of methoxy groups -OCH3 is 2. The van der Waals surface area contributed by atoms with E-state index in [1.54, 1.807) is 33.5 Å². The average molecular weight is 2000 g/mol. The molecule has 0 atom stereocenters. The molecule has 3 aliphatic heterocycles. The first kappa shape index (κ1) is 111. The summed E-state index contributed by atoms with van der Waals surface area (Å²) in [6.07, 6.45) is 28.9. The van der Waals surface area contributed by atoms with Gasteiger partial charge in [-0.2, -0.15) is 9.97 Å². The number of carboxylic acid groups (broad SMARTS) is 1. The molecule has 13 N–H and O–H groups in total. The monoisotopic (exact) mass is 2000 g/mol. The smallest absolute Gasteiger partial charge is 0.374 e. The third kappa shape index (κ3) is 29.5. The van der Waals surface area contributed by atoms with Crippen LogP contribution in [0.1, 0.15) is 288 Å². The minimum absolute atomic E-state index is 0.0123. The number of carbonyl (C=O) groups excluding carboxylic acids is 8. The molecule has 10 heterocycles. The van der Waals surface area contributed by atoms with Crippen molar-refractivity contribution < 1.29 is 80.9 Å². The van der Waals surface area contributed by atoms with Gasteiger partial charge < -0.3 is 80.5 Å². The number of aliphatic hydroxyl groups is 1. The summed E-state index contributed by atoms with van der Waals surface area (Å²) in [7, 11) is -1.79. The van der Waals surface area contributed by atoms with Gasteiger partial charge in [0.2, 0.25) is 29.5 Å². The van der Waals surface area contributed by atoms with Gasteiger partial charge in [-0.05, 0) is 204 Å². The number of esters is 1. The lowest BCUT2D eigenvalue weighted by Gasteiger charge is -2.41. The van der Waals surface area contributed by atoms with Gasteiger partial charge in [0.05, 0.1) is 93.3 Å². The van der Waals surface area contributed by atoms with Crippen molar-refractivity contribution in [1.29, 1.82) is 0 Å². The van der Waals surface area contributed by atoms with Gasteiger partial charge in [0.25, 0.3) is 11.8 Å². The summed E-state index contributed by atoms with van der Waals surface area (Å²) in [5.74, 6) is 0.258. The van der Waals surface area contributed by atoms with E-state index >= 15 is 0 Å². The number of hydrogen-bond donors (Lipinski definition) is 10. The zero-order valence-electron chi connectivity index (χ0n) is 83.7. The highest BCUT2D eigenvalue weighted by atomic mass is 35.5. The van der Waals surface area contributed by atoms with Crippen LogP contribution in [-0.4, -0.2) is 218 Å². The van der Waals surface area contributed by atoms with Crippen molar-refractivity contribution in [2.75, 3.05) is 42.1 Å². The average Bonchev–Trinajstić information content (AvgIpc) is 1.59. The van der Waals surface area contributed by atoms with E-state index in [-0.39, 0.29) is 140 Å². The van der Waals surface area contributed by atoms with E-state index < -0.39 is 42.8 Å². The lowest BCUT2D eigenvalue weighted by molar-refractivity contribution is -0.119. The summed E-state index contributed by atoms with van der Waals surface area (Å²) in [5.41, 5.74) is 25.0. The van der Waals surface area contributed by atoms with Crippen molar-refractivity contribution in [2.24, 2.45) is 16.6 Å². The first-order valence-corrected chi connectivity index (χ1v) is 56.5. The number of amides is 4. The molecule has 7 aromatic rings. The molecule has 0 unspecified atom stereocenters. The number of rotatable bonds is 25. The number of aliphatic hydroxyl groups excluding tert-OH is 1. The van der Waals surface area contributed by atoms with Gasteiger partial charge in [0, 0.05) is 101 Å². The number of nitrogens with zero attached hydrogens (tertiary/aromatic N) is 12. The van der Waals surface area contributed by atoms with Crippen molar-refractivity contribution in [3.05, 3.63) is 132 Å². The molecule has 138 heavy (non-hydrogen) atoms. The van der Waals surface area contributed by atoms with Gasteiger partial charge in [-0.1, -0.05) is 85.5 Å². The molecule has 4 amide bonds. The summed E-state index contributed by atoms with van der Waals surface area (Å²) in [4.78, 5) is 158. The van der Waals surface area contributed by atoms with Crippen LogP contribution in [0.4, 0.5) is 23.5 Å². The number of H-pyrrole nitrogens is 3. The largest absolute Gasteiger partial charge is 0.496 e. The number of Topliss-reactive ketones (excluding diaryl/α,β-unsaturated/α-hetero) is 1. The number of aromatic nitrogens is 12. The summed E-state index contributed by atoms with van der Waals surface area (Å²) in [6, 6.07) is 0.601. The fourth-order valence-electron chi connectivity index (χ4n) is 16.1. The van der Waals surface area contributed by atoms with Crippen molar-refractivity contribution in [1.82, 2.24) is 70.4 Å². The highest BCUT2D eigenvalue weighted by Crippen LogP contribution is 2.46. The lowest BCUT2D eigenvalue weighted by Crippen LogP contribution is -2.46. The topological polar surface area (TPSA) is 534 Å². The number of nitrogens with one attached hydrogen (secondary N) is 5. The van der Waals surface area contributed by atoms with Crippen LogP contribution in [-0.2, 0) is 56.7 Å². The van der Waals surface area contributed by atoms with Crippen LogP contribution < -0.4 is 47.1 Å². The van der Waals surface area contributed by atoms with Crippen LogP contribution >= 0.6 is 23.2 Å². The molecule has 37 nitrogen and oxygen atoms in total. The Balaban J connectivity index is 0.000000192. The number of nitrogen functional groups attached to an aromatic ring is 2. The minimum Gasteiger partial charge on any atom is -0.496 e. The molecule has 4 aliphatic carbocycles. The number of halogens is 2. The highest BCUT2D eigenvalue weighted by molar-refractivity contribution is 6.75. The molecule has 0 bridgehead atoms. The zero-order valence-corrected chi connectivity index (χ0v) is 88.3. The zero-order chi connectivity index (χ0) is 102. The number of ether oxygens (including phenoxy) is 3. The Morgan fingerprint density at radius 3 is 1.51 bits per heavy atom. The van der Waals surface area contributed by atoms with Crippen LogP contribution in [0.25, 0.3) is 11.6 Å². The van der Waals surface area contributed by atoms with E-state index in [1.165, 1.54) is 34.5 Å². The standard InChI is InChI=1S/C26H29ClN8O4.2C18H30N2O3Si.C15H16ClN5O2.C12H27NOSi.C7H8N2O4/c1-12-9-29-18(13(2)21(12)39-3)11-35-23-20(22(27)33-26(28)34-23)16(25(35)38)8-19-30-10-17(32-19)24(37)31-14-4-6-15(36)7-5-14;1-18(2,3)24(4,5)23-16-8-6-14(7-9-16)20-17(22)13-10-15(12-21)19-11-13;1-18(2,3)24(4,5)23-14-8-6-13(7-9-14)10-16(22)15-11-19-17(12-21)20-15;1-7-5-18-10(8(2)12(7)23-3)6-21-11(22)4-9-13(16)19-15(17)20-14(9)21;1-12(2,3)15(4,5)14-11-8-6-10(13)7-9-11;1-2-13-7(12)5-8-3-4(9-5)6(10)11/h8-10,14-15,36H,4-7,11H2,1-3H3,(H,30,32)(H,31,37)(H2,28,33,34);11-12,14,16H,6-10H2,1-5H3,(H,20,22);11-14H,6-10H2,1-5H3,(H,19,20);5H,4,6H2,1-3H3,(H2,17,19,20);10-11H,6-9,13H2,1-5H3;3H,2H2,1H3,(H,8,9)(H,10,11)/b16-8-;;;;;. The minimum atomic E-state index is -1.72. The van der Waals surface area contributed by atoms with Crippen molar-refractivity contribution in [3.63, 3.8) is 0 Å². The summed E-state index contributed by atoms with van der Waals surface area (Å²) >= 11 is 12.5. The first-order valence-electron chi connectivity index (χ1n) is 47.0. The van der Waals surface area contributed by atoms with Gasteiger partial charge in [-0.3, -0.25) is 58.3 Å². The Hall–Kier alpha value is -10.7. The number of imidazole rings is 3. The van der Waals surface area contributed by atoms with Gasteiger partial charge in [0.15, 0.2) is 55.0 Å². The van der Waals surface area contributed by atoms with E-state index in [9.17, 15) is 48.3 Å². The molecule has 0 spiro atoms. The van der Waals surface area contributed by atoms with Crippen molar-refractivity contribution in [3.8, 4) is 11.5 Å². The van der Waals surface area contributed by atoms with Crippen LogP contribution in [0, 0.1) is 33.6 Å². The molecule has 0 saturated heterocycles. The van der Waals surface area contributed by atoms with Crippen molar-refractivity contribution >= 4 is 143 Å². The van der Waals surface area contributed by atoms with E-state index in [0.717, 1.165) is 117 Å². The molecule has 752 valence electrons. The second-order valence-corrected chi connectivity index (χ2v) is 55.5. The molecule has 7 aliphatic rings. The van der Waals surface area contributed by atoms with Gasteiger partial charge in [0.1, 0.15) is 50.5 Å². The van der Waals surface area contributed by atoms with E-state index in [2.05, 4.69) is 182 Å². The summed E-state index contributed by atoms with van der Waals surface area (Å²) < 4.78 is 34.9. The second-order valence-electron chi connectivity index (χ2n) is 40.5. The maximum absolute atomic E-state index is 13.7. The van der Waals surface area contributed by atoms with Crippen LogP contribution in [0.3, 0.4) is 0 Å². The number of carboxylic acids is 1. The van der Waals surface area contributed by atoms with Crippen LogP contribution in [0.5, 0.6) is 11.5 Å². The molecular formula is C96H140Cl2N20O17Si3. The molecule has 4 fully saturated rings. The number of pyridine rings is 2. The second kappa shape index (κ2) is 48.0. The molecule has 7 aromatic heterocycles. The number of hydrogen-bond acceptors (Lipinski definition) is 29. The molecule has 0 aromatic carbocycles. The Labute approximate surface area is 821 Å². The lowest BCUT2D eigenvalue weighted by atomic mass is 9.84. The number of ketones is 1. The number of carbonyl (C=O) groups is 9. The number of anilines is 4. The fraction of sp³-hybridized carbons (Fsp3) is 0.573. The first-order chi connectivity index (χ1) is 64.7. The molecular weight excluding hydrogens is 1860 g/mol. The molecule has 14 rings (SSSR count). The highest BCUT2D eigenvalue weighted by Gasteiger charge is 2.45. The summed E-state index contributed by atoms with van der Waals surface area (Å²) in [5, 5.41) is 25.2. The van der Waals surface area contributed by atoms with Crippen LogP contribution in [0.2, 0.25) is 64.7 Å². The quantitative estimate of drug-likeness (QED) is 0.00634. The third-order valence-corrected chi connectivity index (χ3v) is 41.4. The Morgan fingerprint density at radius 1 is 0.565 bits per heavy atom. The van der Waals surface area contributed by atoms with E-state index in [1.807, 2.05) is 27.7 Å². The third-order valence-electron chi connectivity index (χ3n) is 27.2. The molecule has 0 radical (unpaired) electrons. The summed E-state index contributed by atoms with van der Waals surface area (Å²) in [6.45, 7) is 44.2. The number of aromatic amines is 3. The number of aryl methyl sites for hydroxylation is 2. The Morgan fingerprint density at radius 2 is 1.03 bits per heavy atom. The normalized spacial score (nSPS) is 20.2. The number of aliphatic imine (C=N–C) groups is 1. The molecule has 42 heteroatoms. The number of aromatic carboxylic acids is 1. The Kier molecular flexibility index (Phi) is 38.6. The fourth-order valence-corrected chi connectivity index (χ4v) is 20.9. The maximum atomic E-state index is 13.7. The van der Waals surface area contributed by atoms with Crippen molar-refractivity contribution in [2.45, 2.75) is 329 Å². The molecule has 4 saturated carbocycles. The predicted molar refractivity (Wildman–Crippen MR) is 537 cm³/mol. The SMILES string of the molecule is CC(C)(C)[Si](C)(C)OC1CCC(CC(=O)c2cnc(C=O)[nH]2)CC1.CC(C)(C)[Si](C)(C)OC1CCC(N)CC1.CC(C)(C)[Si](C)(C)OC1CCC(NC(=O)C2=CN=C(C=O)C2)CC1.CCOC(=O)c1ncc(C(=O)O)[nH]1.COc1c(C)cnc(CN2C(=O)/C(=C\c3ncc(C(=O)NC4CCC(O)CC4)[nH]3)c3c(Cl)nc(N)nc32)c1C.COc1c(C)cnc(CN2C(=O)Cc3c(Cl)nc(N)nc32)c1C. The van der Waals surface area contributed by atoms with Gasteiger partial charge in [-0.15, -0.1) is 0 Å². The van der Waals surface area contributed by atoms with E-state index in [0.29, 0.717) is 132 Å². The Bertz CT molecular complexity index is 5590. The van der Waals surface area contributed by atoms with E-state index in [4.69, 9.17) is 68.3 Å². The van der Waals surface area contributed by atoms with Crippen LogP contribution in [0.15, 0.2) is 47.7 Å². The number of nitrogens with two attached hydrogens (primary N) is 3.